The van der Waals surface area contributed by atoms with E-state index in [2.05, 4.69) is 0 Å². The Labute approximate surface area is 236 Å². The van der Waals surface area contributed by atoms with Crippen molar-refractivity contribution in [3.8, 4) is 5.75 Å². The maximum Gasteiger partial charge on any atom is 0.337 e. The molecule has 0 unspecified atom stereocenters. The van der Waals surface area contributed by atoms with Gasteiger partial charge in [0.2, 0.25) is 11.8 Å². The van der Waals surface area contributed by atoms with Crippen molar-refractivity contribution in [3.05, 3.63) is 125 Å². The van der Waals surface area contributed by atoms with Crippen LogP contribution in [0.3, 0.4) is 0 Å². The predicted molar refractivity (Wildman–Crippen MR) is 154 cm³/mol. The maximum atomic E-state index is 14.5. The van der Waals surface area contributed by atoms with Gasteiger partial charge in [-0.2, -0.15) is 0 Å². The first-order valence-corrected chi connectivity index (χ1v) is 13.6. The van der Waals surface area contributed by atoms with Gasteiger partial charge in [0.15, 0.2) is 0 Å². The molecular weight excluding hydrogens is 516 g/mol. The number of hydrogen-bond acceptors (Lipinski definition) is 5. The van der Waals surface area contributed by atoms with Gasteiger partial charge < -0.3 is 9.84 Å². The van der Waals surface area contributed by atoms with Gasteiger partial charge in [-0.25, -0.2) is 9.69 Å². The van der Waals surface area contributed by atoms with Gasteiger partial charge >= 0.3 is 5.97 Å². The number of para-hydroxylation sites is 1. The van der Waals surface area contributed by atoms with E-state index in [4.69, 9.17) is 9.73 Å². The number of carboxylic acids is 1. The molecule has 8 rings (SSSR count). The molecule has 0 spiro atoms. The van der Waals surface area contributed by atoms with Crippen molar-refractivity contribution in [2.75, 3.05) is 11.5 Å². The van der Waals surface area contributed by atoms with Gasteiger partial charge in [0.25, 0.3) is 0 Å². The van der Waals surface area contributed by atoms with Crippen molar-refractivity contribution in [1.82, 2.24) is 0 Å². The Morgan fingerprint density at radius 2 is 1.49 bits per heavy atom. The van der Waals surface area contributed by atoms with Crippen LogP contribution in [0, 0.1) is 11.8 Å². The minimum atomic E-state index is -1.09. The highest BCUT2D eigenvalue weighted by Gasteiger charge is 2.67. The van der Waals surface area contributed by atoms with Crippen LogP contribution in [0.15, 0.2) is 102 Å². The van der Waals surface area contributed by atoms with Gasteiger partial charge in [0.1, 0.15) is 5.75 Å². The molecule has 2 amide bonds. The molecule has 0 saturated carbocycles. The summed E-state index contributed by atoms with van der Waals surface area (Å²) in [6.45, 7) is 2.41. The summed E-state index contributed by atoms with van der Waals surface area (Å²) in [6.07, 6.45) is 1.71. The van der Waals surface area contributed by atoms with Crippen LogP contribution in [0.4, 0.5) is 11.4 Å². The minimum Gasteiger partial charge on any atom is -0.494 e. The lowest BCUT2D eigenvalue weighted by Gasteiger charge is -2.52. The highest BCUT2D eigenvalue weighted by molar-refractivity contribution is 6.25. The van der Waals surface area contributed by atoms with E-state index in [9.17, 15) is 19.5 Å². The number of ether oxygens (including phenoxy) is 1. The predicted octanol–water partition coefficient (Wildman–Crippen LogP) is 5.74. The van der Waals surface area contributed by atoms with Crippen LogP contribution < -0.4 is 9.64 Å². The number of aromatic carboxylic acids is 1. The van der Waals surface area contributed by atoms with Gasteiger partial charge in [-0.3, -0.25) is 14.6 Å². The lowest BCUT2D eigenvalue weighted by atomic mass is 9.47. The van der Waals surface area contributed by atoms with Gasteiger partial charge in [0, 0.05) is 12.1 Å². The SMILES string of the molecule is CCOc1ccc(N2C(=O)[C@@H]3[C@@H](C2=O)C2c4ccccc4C3(C=Nc3ccccc3C(=O)O)c3ccccc32)cc1. The molecule has 1 saturated heterocycles. The van der Waals surface area contributed by atoms with Crippen molar-refractivity contribution in [2.45, 2.75) is 18.3 Å². The summed E-state index contributed by atoms with van der Waals surface area (Å²) in [4.78, 5) is 46.8. The number of nitrogens with zero attached hydrogens (tertiary/aromatic N) is 2. The Hall–Kier alpha value is -5.04. The van der Waals surface area contributed by atoms with E-state index in [1.165, 1.54) is 11.0 Å². The molecule has 41 heavy (non-hydrogen) atoms. The molecule has 7 heteroatoms. The molecule has 0 radical (unpaired) electrons. The van der Waals surface area contributed by atoms with Gasteiger partial charge in [0.05, 0.1) is 40.8 Å². The zero-order valence-electron chi connectivity index (χ0n) is 22.2. The third-order valence-electron chi connectivity index (χ3n) is 8.63. The van der Waals surface area contributed by atoms with Crippen LogP contribution in [-0.4, -0.2) is 35.7 Å². The Kier molecular flexibility index (Phi) is 5.64. The van der Waals surface area contributed by atoms with Crippen molar-refractivity contribution >= 4 is 35.4 Å². The van der Waals surface area contributed by atoms with Gasteiger partial charge in [-0.1, -0.05) is 60.7 Å². The molecule has 4 aromatic rings. The molecule has 1 N–H and O–H groups in total. The van der Waals surface area contributed by atoms with E-state index < -0.39 is 23.2 Å². The van der Waals surface area contributed by atoms with Crippen molar-refractivity contribution in [3.63, 3.8) is 0 Å². The lowest BCUT2D eigenvalue weighted by Crippen LogP contribution is -2.54. The minimum absolute atomic E-state index is 0.0626. The summed E-state index contributed by atoms with van der Waals surface area (Å²) in [5.41, 5.74) is 3.56. The molecule has 7 nitrogen and oxygen atoms in total. The first kappa shape index (κ1) is 25.0. The number of anilines is 1. The summed E-state index contributed by atoms with van der Waals surface area (Å²) < 4.78 is 5.57. The third kappa shape index (κ3) is 3.45. The first-order chi connectivity index (χ1) is 20.0. The number of aliphatic imine (C=N–C) groups is 1. The number of hydrogen-bond donors (Lipinski definition) is 1. The monoisotopic (exact) mass is 542 g/mol. The summed E-state index contributed by atoms with van der Waals surface area (Å²) >= 11 is 0. The highest BCUT2D eigenvalue weighted by Crippen LogP contribution is 2.63. The van der Waals surface area contributed by atoms with Crippen molar-refractivity contribution in [1.29, 1.82) is 0 Å². The summed E-state index contributed by atoms with van der Waals surface area (Å²) in [5, 5.41) is 9.80. The lowest BCUT2D eigenvalue weighted by molar-refractivity contribution is -0.122. The second-order valence-corrected chi connectivity index (χ2v) is 10.5. The second kappa shape index (κ2) is 9.27. The standard InChI is InChI=1S/C34H26N2O5/c1-2-41-21-17-15-20(16-18-21)36-31(37)29-28-22-9-3-6-12-25(22)34(30(29)32(36)38,26-13-7-4-10-23(26)28)19-35-27-14-8-5-11-24(27)33(39)40/h3-19,28-30H,2H2,1H3,(H,39,40)/t28?,29-,30-,34?/m0/s1. The number of carbonyl (C=O) groups excluding carboxylic acids is 2. The van der Waals surface area contributed by atoms with Crippen LogP contribution >= 0.6 is 0 Å². The molecule has 1 fully saturated rings. The van der Waals surface area contributed by atoms with Gasteiger partial charge in [-0.15, -0.1) is 0 Å². The average Bonchev–Trinajstić information content (AvgIpc) is 3.27. The summed E-state index contributed by atoms with van der Waals surface area (Å²) in [6, 6.07) is 29.4. The van der Waals surface area contributed by atoms with E-state index >= 15 is 0 Å². The molecule has 202 valence electrons. The molecule has 3 aliphatic carbocycles. The molecule has 4 aromatic carbocycles. The van der Waals surface area contributed by atoms with E-state index in [0.29, 0.717) is 18.0 Å². The largest absolute Gasteiger partial charge is 0.494 e. The number of carboxylic acid groups (broad SMARTS) is 1. The fraction of sp³-hybridized carbons (Fsp3) is 0.176. The van der Waals surface area contributed by atoms with E-state index in [1.807, 2.05) is 55.5 Å². The van der Waals surface area contributed by atoms with Crippen LogP contribution in [0.2, 0.25) is 0 Å². The average molecular weight is 543 g/mol. The van der Waals surface area contributed by atoms with Crippen molar-refractivity contribution in [2.24, 2.45) is 16.8 Å². The van der Waals surface area contributed by atoms with Crippen LogP contribution in [0.1, 0.15) is 45.5 Å². The molecule has 4 aliphatic rings. The zero-order valence-corrected chi connectivity index (χ0v) is 22.2. The number of carbonyl (C=O) groups is 3. The zero-order chi connectivity index (χ0) is 28.3. The second-order valence-electron chi connectivity index (χ2n) is 10.5. The molecule has 2 atom stereocenters. The Morgan fingerprint density at radius 3 is 2.12 bits per heavy atom. The summed E-state index contributed by atoms with van der Waals surface area (Å²) in [5.74, 6) is -2.66. The highest BCUT2D eigenvalue weighted by atomic mass is 16.5. The number of rotatable bonds is 6. The summed E-state index contributed by atoms with van der Waals surface area (Å²) in [7, 11) is 0. The Bertz CT molecular complexity index is 1710. The van der Waals surface area contributed by atoms with Crippen molar-refractivity contribution < 1.29 is 24.2 Å². The third-order valence-corrected chi connectivity index (χ3v) is 8.63. The maximum absolute atomic E-state index is 14.5. The number of amides is 2. The number of benzene rings is 4. The molecule has 1 heterocycles. The normalized spacial score (nSPS) is 23.8. The first-order valence-electron chi connectivity index (χ1n) is 13.6. The fourth-order valence-electron chi connectivity index (χ4n) is 7.10. The van der Waals surface area contributed by atoms with E-state index in [0.717, 1.165) is 22.3 Å². The van der Waals surface area contributed by atoms with Crippen LogP contribution in [0.5, 0.6) is 5.75 Å². The van der Waals surface area contributed by atoms with E-state index in [-0.39, 0.29) is 29.0 Å². The topological polar surface area (TPSA) is 96.3 Å². The Morgan fingerprint density at radius 1 is 0.878 bits per heavy atom. The fourth-order valence-corrected chi connectivity index (χ4v) is 7.10. The van der Waals surface area contributed by atoms with Crippen LogP contribution in [0.25, 0.3) is 0 Å². The number of imide groups is 1. The molecule has 0 aromatic heterocycles. The Balaban J connectivity index is 1.46. The molecule has 2 bridgehead atoms. The molecule has 1 aliphatic heterocycles. The van der Waals surface area contributed by atoms with Crippen LogP contribution in [-0.2, 0) is 15.0 Å². The quantitative estimate of drug-likeness (QED) is 0.248. The molecular formula is C34H26N2O5. The van der Waals surface area contributed by atoms with E-state index in [1.54, 1.807) is 48.7 Å². The van der Waals surface area contributed by atoms with Gasteiger partial charge in [-0.05, 0) is 65.6 Å². The smallest absolute Gasteiger partial charge is 0.337 e.